The first kappa shape index (κ1) is 16.1. The van der Waals surface area contributed by atoms with Crippen molar-refractivity contribution in [3.63, 3.8) is 0 Å². The largest absolute Gasteiger partial charge is 0.314 e. The highest BCUT2D eigenvalue weighted by atomic mass is 31.2. The predicted octanol–water partition coefficient (Wildman–Crippen LogP) is 4.60. The zero-order valence-corrected chi connectivity index (χ0v) is 14.8. The Balaban J connectivity index is 1.72. The third-order valence-corrected chi connectivity index (χ3v) is 7.89. The van der Waals surface area contributed by atoms with Crippen molar-refractivity contribution in [2.75, 3.05) is 6.61 Å². The Morgan fingerprint density at radius 1 is 0.958 bits per heavy atom. The molecule has 1 saturated heterocycles. The zero-order chi connectivity index (χ0) is 16.4. The molecule has 1 aliphatic heterocycles. The van der Waals surface area contributed by atoms with Crippen molar-refractivity contribution in [3.8, 4) is 0 Å². The fraction of sp³-hybridized carbons (Fsp3) is 0.400. The third-order valence-electron chi connectivity index (χ3n) is 5.32. The molecule has 0 aromatic heterocycles. The SMILES string of the molecule is O=P1(c2ccccc2)OC[C@H]2CCCC[C@@H]2N1Cc1ccccc1. The van der Waals surface area contributed by atoms with Gasteiger partial charge in [-0.3, -0.25) is 4.57 Å². The Labute approximate surface area is 144 Å². The van der Waals surface area contributed by atoms with Gasteiger partial charge in [0, 0.05) is 12.6 Å². The Hall–Kier alpha value is -1.41. The van der Waals surface area contributed by atoms with Crippen molar-refractivity contribution >= 4 is 12.8 Å². The lowest BCUT2D eigenvalue weighted by atomic mass is 9.85. The number of hydrogen-bond acceptors (Lipinski definition) is 2. The van der Waals surface area contributed by atoms with Gasteiger partial charge in [0.1, 0.15) is 0 Å². The molecule has 1 heterocycles. The standard InChI is InChI=1S/C20H24NO2P/c22-24(19-12-5-2-6-13-19)21(15-17-9-3-1-4-10-17)20-14-8-7-11-18(20)16-23-24/h1-6,9-10,12-13,18,20H,7-8,11,14-16H2/t18-,20+,24?/m1/s1. The molecule has 2 aromatic rings. The average Bonchev–Trinajstić information content (AvgIpc) is 2.66. The summed E-state index contributed by atoms with van der Waals surface area (Å²) < 4.78 is 22.2. The molecule has 2 fully saturated rings. The van der Waals surface area contributed by atoms with Gasteiger partial charge in [-0.15, -0.1) is 0 Å². The van der Waals surface area contributed by atoms with Crippen LogP contribution in [0.15, 0.2) is 60.7 Å². The van der Waals surface area contributed by atoms with Crippen LogP contribution in [0.4, 0.5) is 0 Å². The second kappa shape index (κ2) is 6.84. The molecule has 1 unspecified atom stereocenters. The van der Waals surface area contributed by atoms with E-state index >= 15 is 0 Å². The maximum Gasteiger partial charge on any atom is 0.302 e. The number of benzene rings is 2. The minimum absolute atomic E-state index is 0.360. The lowest BCUT2D eigenvalue weighted by Crippen LogP contribution is -2.48. The topological polar surface area (TPSA) is 29.5 Å². The highest BCUT2D eigenvalue weighted by molar-refractivity contribution is 7.64. The minimum Gasteiger partial charge on any atom is -0.314 e. The first-order valence-electron chi connectivity index (χ1n) is 8.88. The molecule has 126 valence electrons. The fourth-order valence-corrected chi connectivity index (χ4v) is 6.64. The van der Waals surface area contributed by atoms with Gasteiger partial charge in [0.15, 0.2) is 0 Å². The summed E-state index contributed by atoms with van der Waals surface area (Å²) in [5.41, 5.74) is 1.20. The first-order chi connectivity index (χ1) is 11.8. The molecule has 1 saturated carbocycles. The highest BCUT2D eigenvalue weighted by Gasteiger charge is 2.46. The smallest absolute Gasteiger partial charge is 0.302 e. The van der Waals surface area contributed by atoms with E-state index in [0.717, 1.165) is 11.7 Å². The van der Waals surface area contributed by atoms with Gasteiger partial charge in [0.05, 0.1) is 11.9 Å². The molecule has 0 radical (unpaired) electrons. The number of hydrogen-bond donors (Lipinski definition) is 0. The van der Waals surface area contributed by atoms with Crippen molar-refractivity contribution in [2.45, 2.75) is 38.3 Å². The second-order valence-electron chi connectivity index (χ2n) is 6.85. The summed E-state index contributed by atoms with van der Waals surface area (Å²) in [4.78, 5) is 0. The molecule has 0 amide bonds. The van der Waals surface area contributed by atoms with Gasteiger partial charge in [-0.25, -0.2) is 4.67 Å². The van der Waals surface area contributed by atoms with Crippen molar-refractivity contribution in [1.29, 1.82) is 0 Å². The minimum atomic E-state index is -3.00. The van der Waals surface area contributed by atoms with E-state index in [2.05, 4.69) is 16.8 Å². The summed E-state index contributed by atoms with van der Waals surface area (Å²) in [7, 11) is -3.00. The van der Waals surface area contributed by atoms with Crippen LogP contribution in [0.25, 0.3) is 0 Å². The molecule has 0 N–H and O–H groups in total. The quantitative estimate of drug-likeness (QED) is 0.765. The van der Waals surface area contributed by atoms with Crippen LogP contribution in [0.3, 0.4) is 0 Å². The van der Waals surface area contributed by atoms with E-state index in [1.807, 2.05) is 48.5 Å². The molecule has 2 aromatic carbocycles. The van der Waals surface area contributed by atoms with Crippen LogP contribution >= 0.6 is 7.52 Å². The van der Waals surface area contributed by atoms with Crippen LogP contribution in [-0.4, -0.2) is 17.3 Å². The molecule has 3 atom stereocenters. The van der Waals surface area contributed by atoms with E-state index in [4.69, 9.17) is 4.52 Å². The van der Waals surface area contributed by atoms with E-state index in [1.54, 1.807) is 0 Å². The Morgan fingerprint density at radius 3 is 2.38 bits per heavy atom. The number of rotatable bonds is 3. The normalized spacial score (nSPS) is 30.7. The van der Waals surface area contributed by atoms with E-state index in [0.29, 0.717) is 25.1 Å². The van der Waals surface area contributed by atoms with Gasteiger partial charge in [0.2, 0.25) is 0 Å². The van der Waals surface area contributed by atoms with Crippen LogP contribution in [0.5, 0.6) is 0 Å². The fourth-order valence-electron chi connectivity index (χ4n) is 4.06. The van der Waals surface area contributed by atoms with Crippen molar-refractivity contribution in [3.05, 3.63) is 66.2 Å². The lowest BCUT2D eigenvalue weighted by molar-refractivity contribution is 0.0669. The second-order valence-corrected chi connectivity index (χ2v) is 9.18. The van der Waals surface area contributed by atoms with Gasteiger partial charge in [-0.05, 0) is 36.5 Å². The summed E-state index contributed by atoms with van der Waals surface area (Å²) in [6.07, 6.45) is 4.79. The summed E-state index contributed by atoms with van der Waals surface area (Å²) in [6.45, 7) is 1.32. The molecule has 4 rings (SSSR count). The summed E-state index contributed by atoms with van der Waals surface area (Å²) in [6, 6.07) is 20.5. The summed E-state index contributed by atoms with van der Waals surface area (Å²) in [5.74, 6) is 0.508. The van der Waals surface area contributed by atoms with Gasteiger partial charge in [-0.2, -0.15) is 0 Å². The van der Waals surface area contributed by atoms with Crippen LogP contribution in [0, 0.1) is 5.92 Å². The summed E-state index contributed by atoms with van der Waals surface area (Å²) >= 11 is 0. The van der Waals surface area contributed by atoms with Crippen molar-refractivity contribution in [1.82, 2.24) is 4.67 Å². The maximum atomic E-state index is 13.9. The molecule has 1 aliphatic carbocycles. The summed E-state index contributed by atoms with van der Waals surface area (Å²) in [5, 5.41) is 0.824. The molecule has 4 heteroatoms. The number of nitrogens with zero attached hydrogens (tertiary/aromatic N) is 1. The van der Waals surface area contributed by atoms with Crippen molar-refractivity contribution < 1.29 is 9.09 Å². The third kappa shape index (κ3) is 2.97. The maximum absolute atomic E-state index is 13.9. The van der Waals surface area contributed by atoms with Crippen LogP contribution in [-0.2, 0) is 15.6 Å². The van der Waals surface area contributed by atoms with Crippen LogP contribution in [0.1, 0.15) is 31.2 Å². The average molecular weight is 341 g/mol. The Morgan fingerprint density at radius 2 is 1.62 bits per heavy atom. The van der Waals surface area contributed by atoms with Gasteiger partial charge in [-0.1, -0.05) is 61.4 Å². The van der Waals surface area contributed by atoms with E-state index in [1.165, 1.54) is 24.8 Å². The molecular weight excluding hydrogens is 317 g/mol. The molecule has 0 spiro atoms. The predicted molar refractivity (Wildman–Crippen MR) is 97.4 cm³/mol. The molecule has 3 nitrogen and oxygen atoms in total. The molecule has 2 aliphatic rings. The monoisotopic (exact) mass is 341 g/mol. The van der Waals surface area contributed by atoms with Crippen LogP contribution < -0.4 is 5.30 Å². The molecule has 0 bridgehead atoms. The zero-order valence-electron chi connectivity index (χ0n) is 13.9. The first-order valence-corrected chi connectivity index (χ1v) is 10.5. The van der Waals surface area contributed by atoms with Gasteiger partial charge >= 0.3 is 7.52 Å². The Kier molecular flexibility index (Phi) is 4.58. The van der Waals surface area contributed by atoms with E-state index in [-0.39, 0.29) is 0 Å². The molecular formula is C20H24NO2P. The number of fused-ring (bicyclic) bond motifs is 1. The lowest BCUT2D eigenvalue weighted by Gasteiger charge is -2.47. The highest BCUT2D eigenvalue weighted by Crippen LogP contribution is 2.58. The van der Waals surface area contributed by atoms with Gasteiger partial charge in [0.25, 0.3) is 0 Å². The van der Waals surface area contributed by atoms with E-state index < -0.39 is 7.52 Å². The van der Waals surface area contributed by atoms with E-state index in [9.17, 15) is 4.57 Å². The molecule has 24 heavy (non-hydrogen) atoms. The Bertz CT molecular complexity index is 719. The van der Waals surface area contributed by atoms with Gasteiger partial charge < -0.3 is 4.52 Å². The van der Waals surface area contributed by atoms with Crippen molar-refractivity contribution in [2.24, 2.45) is 5.92 Å². The van der Waals surface area contributed by atoms with Crippen LogP contribution in [0.2, 0.25) is 0 Å².